The summed E-state index contributed by atoms with van der Waals surface area (Å²) in [7, 11) is 0. The minimum absolute atomic E-state index is 0.0423. The fourth-order valence-corrected chi connectivity index (χ4v) is 7.63. The van der Waals surface area contributed by atoms with Crippen LogP contribution < -0.4 is 37.2 Å². The smallest absolute Gasteiger partial charge is 0.315 e. The molecule has 8 N–H and O–H groups in total. The first-order valence-electron chi connectivity index (χ1n) is 19.1. The van der Waals surface area contributed by atoms with Crippen molar-refractivity contribution in [1.29, 1.82) is 0 Å². The molecule has 19 heteroatoms. The third-order valence-electron chi connectivity index (χ3n) is 9.14. The van der Waals surface area contributed by atoms with E-state index in [1.54, 1.807) is 30.3 Å². The van der Waals surface area contributed by atoms with E-state index in [-0.39, 0.29) is 68.3 Å². The highest BCUT2D eigenvalue weighted by Crippen LogP contribution is 2.33. The van der Waals surface area contributed by atoms with E-state index >= 15 is 0 Å². The maximum atomic E-state index is 12.9. The van der Waals surface area contributed by atoms with Crippen molar-refractivity contribution in [2.45, 2.75) is 61.9 Å². The number of nitrogens with one attached hydrogen (secondary N) is 7. The molecule has 2 fully saturated rings. The van der Waals surface area contributed by atoms with Gasteiger partial charge < -0.3 is 51.8 Å². The van der Waals surface area contributed by atoms with Crippen molar-refractivity contribution in [1.82, 2.24) is 37.2 Å². The van der Waals surface area contributed by atoms with Gasteiger partial charge in [-0.05, 0) is 25.0 Å². The van der Waals surface area contributed by atoms with Crippen LogP contribution in [-0.2, 0) is 33.4 Å². The number of thioether (sulfide) groups is 1. The van der Waals surface area contributed by atoms with Gasteiger partial charge in [0.1, 0.15) is 6.04 Å². The average Bonchev–Trinajstić information content (AvgIpc) is 3.78. The van der Waals surface area contributed by atoms with Gasteiger partial charge >= 0.3 is 12.0 Å². The first kappa shape index (κ1) is 45.2. The number of unbranched alkanes of at least 4 members (excludes halogenated alkanes) is 1. The molecule has 2 heterocycles. The van der Waals surface area contributed by atoms with Crippen LogP contribution >= 0.6 is 11.8 Å². The number of ether oxygens (including phenoxy) is 2. The van der Waals surface area contributed by atoms with Crippen LogP contribution in [0.2, 0.25) is 0 Å². The van der Waals surface area contributed by atoms with Crippen molar-refractivity contribution in [2.75, 3.05) is 58.4 Å². The molecule has 4 rings (SSSR count). The number of fused-ring (bicyclic) bond motifs is 1. The summed E-state index contributed by atoms with van der Waals surface area (Å²) in [6.45, 7) is 0.696. The van der Waals surface area contributed by atoms with Gasteiger partial charge in [-0.3, -0.25) is 33.6 Å². The molecule has 2 aromatic carbocycles. The van der Waals surface area contributed by atoms with Crippen LogP contribution in [-0.4, -0.2) is 134 Å². The van der Waals surface area contributed by atoms with Crippen LogP contribution in [0.15, 0.2) is 54.6 Å². The predicted molar refractivity (Wildman–Crippen MR) is 212 cm³/mol. The summed E-state index contributed by atoms with van der Waals surface area (Å²) < 4.78 is 10.9. The summed E-state index contributed by atoms with van der Waals surface area (Å²) in [5, 5.41) is 27.9. The topological polar surface area (TPSA) is 259 Å². The van der Waals surface area contributed by atoms with E-state index in [0.29, 0.717) is 35.9 Å². The SMILES string of the molecule is O=C(O)CCC(=O)N[C@@H](CNC(=O)c1ccc(C(=O)c2ccccc2)cc1)C(=O)NCC(=O)NCCOCCOCCNC(=O)CCCC[C@@H]1SC[C@@H]2NC(=O)N[C@@H]21. The van der Waals surface area contributed by atoms with Gasteiger partial charge in [-0.1, -0.05) is 48.9 Å². The minimum Gasteiger partial charge on any atom is -0.481 e. The lowest BCUT2D eigenvalue weighted by Gasteiger charge is -2.19. The Balaban J connectivity index is 1.04. The molecule has 314 valence electrons. The number of benzene rings is 2. The van der Waals surface area contributed by atoms with Crippen LogP contribution in [0.4, 0.5) is 4.79 Å². The Morgan fingerprint density at radius 2 is 1.38 bits per heavy atom. The van der Waals surface area contributed by atoms with Gasteiger partial charge in [0.15, 0.2) is 5.78 Å². The Morgan fingerprint density at radius 1 is 0.724 bits per heavy atom. The molecule has 58 heavy (non-hydrogen) atoms. The van der Waals surface area contributed by atoms with Crippen molar-refractivity contribution in [3.05, 3.63) is 71.3 Å². The lowest BCUT2D eigenvalue weighted by atomic mass is 10.0. The van der Waals surface area contributed by atoms with Crippen molar-refractivity contribution in [3.8, 4) is 0 Å². The number of aliphatic carboxylic acids is 1. The second kappa shape index (κ2) is 24.3. The van der Waals surface area contributed by atoms with Crippen LogP contribution in [0.3, 0.4) is 0 Å². The maximum Gasteiger partial charge on any atom is 0.315 e. The highest BCUT2D eigenvalue weighted by molar-refractivity contribution is 8.00. The molecular formula is C39H51N7O11S. The summed E-state index contributed by atoms with van der Waals surface area (Å²) in [5.41, 5.74) is 1.05. The predicted octanol–water partition coefficient (Wildman–Crippen LogP) is 0.105. The van der Waals surface area contributed by atoms with E-state index in [4.69, 9.17) is 14.6 Å². The summed E-state index contributed by atoms with van der Waals surface area (Å²) >= 11 is 1.86. The zero-order chi connectivity index (χ0) is 41.7. The Labute approximate surface area is 340 Å². The van der Waals surface area contributed by atoms with Crippen LogP contribution in [0.5, 0.6) is 0 Å². The molecule has 0 saturated carbocycles. The molecule has 2 aliphatic rings. The standard InChI is InChI=1S/C39H51N7O11S/c47-31(9-5-4-8-30-35-29(24-58-30)45-39(55)46-35)40-16-18-56-20-21-57-19-17-41-33(49)23-43-38(54)28(44-32(48)14-15-34(50)51)22-42-37(53)27-12-10-26(11-13-27)36(52)25-6-2-1-3-7-25/h1-3,6-7,10-13,28-30,35H,4-5,8-9,14-24H2,(H,40,47)(H,41,49)(H,42,53)(H,43,54)(H,44,48)(H,50,51)(H2,45,46,55)/t28-,29-,30-,35-/m0/s1. The maximum absolute atomic E-state index is 12.9. The highest BCUT2D eigenvalue weighted by atomic mass is 32.2. The van der Waals surface area contributed by atoms with E-state index < -0.39 is 55.0 Å². The summed E-state index contributed by atoms with van der Waals surface area (Å²) in [6.07, 6.45) is 2.18. The fourth-order valence-electron chi connectivity index (χ4n) is 6.09. The van der Waals surface area contributed by atoms with Crippen molar-refractivity contribution < 1.29 is 52.9 Å². The van der Waals surface area contributed by atoms with Crippen molar-refractivity contribution >= 4 is 59.1 Å². The second-order valence-electron chi connectivity index (χ2n) is 13.5. The molecule has 2 aromatic rings. The number of ketones is 1. The number of urea groups is 1. The lowest BCUT2D eigenvalue weighted by molar-refractivity contribution is -0.139. The molecule has 7 amide bonds. The normalized spacial score (nSPS) is 17.2. The number of carbonyl (C=O) groups is 8. The number of carbonyl (C=O) groups excluding carboxylic acids is 7. The van der Waals surface area contributed by atoms with Crippen LogP contribution in [0.1, 0.15) is 64.8 Å². The van der Waals surface area contributed by atoms with Gasteiger partial charge in [0, 0.05) is 60.2 Å². The molecule has 0 unspecified atom stereocenters. The van der Waals surface area contributed by atoms with Gasteiger partial charge in [-0.2, -0.15) is 11.8 Å². The Bertz CT molecular complexity index is 1730. The van der Waals surface area contributed by atoms with Gasteiger partial charge in [0.2, 0.25) is 23.6 Å². The highest BCUT2D eigenvalue weighted by Gasteiger charge is 2.42. The van der Waals surface area contributed by atoms with E-state index in [2.05, 4.69) is 37.2 Å². The largest absolute Gasteiger partial charge is 0.481 e. The van der Waals surface area contributed by atoms with E-state index in [0.717, 1.165) is 25.0 Å². The summed E-state index contributed by atoms with van der Waals surface area (Å²) in [4.78, 5) is 97.7. The summed E-state index contributed by atoms with van der Waals surface area (Å²) in [5.74, 6) is -3.22. The molecule has 0 aromatic heterocycles. The molecule has 2 aliphatic heterocycles. The van der Waals surface area contributed by atoms with Crippen molar-refractivity contribution in [2.24, 2.45) is 0 Å². The number of hydrogen-bond donors (Lipinski definition) is 8. The van der Waals surface area contributed by atoms with Crippen molar-refractivity contribution in [3.63, 3.8) is 0 Å². The molecule has 4 atom stereocenters. The third kappa shape index (κ3) is 15.8. The Morgan fingerprint density at radius 3 is 2.07 bits per heavy atom. The molecule has 2 saturated heterocycles. The quantitative estimate of drug-likeness (QED) is 0.0357. The minimum atomic E-state index is -1.33. The first-order valence-corrected chi connectivity index (χ1v) is 20.2. The monoisotopic (exact) mass is 825 g/mol. The second-order valence-corrected chi connectivity index (χ2v) is 14.8. The summed E-state index contributed by atoms with van der Waals surface area (Å²) in [6, 6.07) is 13.4. The molecular weight excluding hydrogens is 775 g/mol. The van der Waals surface area contributed by atoms with Crippen LogP contribution in [0.25, 0.3) is 0 Å². The zero-order valence-corrected chi connectivity index (χ0v) is 32.9. The number of hydrogen-bond acceptors (Lipinski definition) is 11. The van der Waals surface area contributed by atoms with Gasteiger partial charge in [-0.15, -0.1) is 0 Å². The number of amides is 7. The lowest BCUT2D eigenvalue weighted by Crippen LogP contribution is -2.54. The Kier molecular flexibility index (Phi) is 18.9. The number of rotatable bonds is 26. The first-order chi connectivity index (χ1) is 28.0. The molecule has 18 nitrogen and oxygen atoms in total. The van der Waals surface area contributed by atoms with E-state index in [9.17, 15) is 38.4 Å². The average molecular weight is 826 g/mol. The molecule has 0 bridgehead atoms. The van der Waals surface area contributed by atoms with Gasteiger partial charge in [0.05, 0.1) is 51.5 Å². The van der Waals surface area contributed by atoms with Crippen LogP contribution in [0, 0.1) is 0 Å². The van der Waals surface area contributed by atoms with Gasteiger partial charge in [-0.25, -0.2) is 4.79 Å². The molecule has 0 spiro atoms. The fraction of sp³-hybridized carbons (Fsp3) is 0.487. The molecule has 0 aliphatic carbocycles. The van der Waals surface area contributed by atoms with E-state index in [1.807, 2.05) is 11.8 Å². The van der Waals surface area contributed by atoms with Gasteiger partial charge in [0.25, 0.3) is 5.91 Å². The Hall–Kier alpha value is -5.53. The number of carboxylic acid groups (broad SMARTS) is 1. The molecule has 0 radical (unpaired) electrons. The third-order valence-corrected chi connectivity index (χ3v) is 10.7. The van der Waals surface area contributed by atoms with E-state index in [1.165, 1.54) is 24.3 Å². The zero-order valence-electron chi connectivity index (χ0n) is 32.1. The number of carboxylic acids is 1.